The summed E-state index contributed by atoms with van der Waals surface area (Å²) in [7, 11) is 0. The van der Waals surface area contributed by atoms with Gasteiger partial charge in [-0.25, -0.2) is 0 Å². The van der Waals surface area contributed by atoms with Crippen LogP contribution >= 0.6 is 0 Å². The average molecular weight is 316 g/mol. The van der Waals surface area contributed by atoms with E-state index in [0.29, 0.717) is 0 Å². The van der Waals surface area contributed by atoms with Crippen LogP contribution in [0, 0.1) is 0 Å². The number of esters is 1. The van der Waals surface area contributed by atoms with Gasteiger partial charge in [-0.1, -0.05) is 0 Å². The predicted octanol–water partition coefficient (Wildman–Crippen LogP) is 0.876. The molecule has 4 rings (SSSR count). The Morgan fingerprint density at radius 3 is 2.57 bits per heavy atom. The van der Waals surface area contributed by atoms with E-state index in [9.17, 15) is 24.6 Å². The molecule has 0 radical (unpaired) electrons. The van der Waals surface area contributed by atoms with Gasteiger partial charge >= 0.3 is 5.97 Å². The number of hydrogen-bond acceptors (Lipinski definition) is 7. The number of rotatable bonds is 0. The standard InChI is InChI=1S/C16H12O7/c1-5-10-12(16-8(22-5)4-9(18)23-16)13(19)6-2-3-7(17)14(20)11(6)15(10)21/h2-3,5,8,16-17,20H,4H2,1H3/t5-,8-,16+/m1/s1. The van der Waals surface area contributed by atoms with Gasteiger partial charge < -0.3 is 19.7 Å². The van der Waals surface area contributed by atoms with Gasteiger partial charge in [-0.2, -0.15) is 0 Å². The minimum absolute atomic E-state index is 0.0140. The molecule has 1 fully saturated rings. The number of hydrogen-bond donors (Lipinski definition) is 2. The zero-order chi connectivity index (χ0) is 16.5. The molecule has 1 aromatic carbocycles. The summed E-state index contributed by atoms with van der Waals surface area (Å²) in [4.78, 5) is 37.1. The van der Waals surface area contributed by atoms with E-state index in [1.54, 1.807) is 6.92 Å². The Labute approximate surface area is 130 Å². The first-order chi connectivity index (χ1) is 10.9. The van der Waals surface area contributed by atoms with Crippen LogP contribution in [0.2, 0.25) is 0 Å². The molecule has 2 heterocycles. The topological polar surface area (TPSA) is 110 Å². The molecule has 0 spiro atoms. The van der Waals surface area contributed by atoms with Gasteiger partial charge in [-0.05, 0) is 19.1 Å². The van der Waals surface area contributed by atoms with Crippen molar-refractivity contribution in [1.29, 1.82) is 0 Å². The van der Waals surface area contributed by atoms with Crippen LogP contribution < -0.4 is 0 Å². The Kier molecular flexibility index (Phi) is 2.68. The second-order valence-corrected chi connectivity index (χ2v) is 5.77. The van der Waals surface area contributed by atoms with Gasteiger partial charge in [0.25, 0.3) is 0 Å². The summed E-state index contributed by atoms with van der Waals surface area (Å²) in [5.41, 5.74) is -0.0756. The molecular weight excluding hydrogens is 304 g/mol. The lowest BCUT2D eigenvalue weighted by molar-refractivity contribution is -0.140. The third kappa shape index (κ3) is 1.71. The fraction of sp³-hybridized carbons (Fsp3) is 0.312. The molecule has 2 aliphatic heterocycles. The Morgan fingerprint density at radius 1 is 1.09 bits per heavy atom. The van der Waals surface area contributed by atoms with Gasteiger partial charge in [0.15, 0.2) is 29.2 Å². The van der Waals surface area contributed by atoms with Crippen molar-refractivity contribution in [3.05, 3.63) is 34.4 Å². The summed E-state index contributed by atoms with van der Waals surface area (Å²) in [5, 5.41) is 19.6. The normalized spacial score (nSPS) is 29.1. The van der Waals surface area contributed by atoms with Crippen molar-refractivity contribution in [1.82, 2.24) is 0 Å². The van der Waals surface area contributed by atoms with E-state index in [2.05, 4.69) is 0 Å². The zero-order valence-electron chi connectivity index (χ0n) is 12.0. The summed E-state index contributed by atoms with van der Waals surface area (Å²) in [6.45, 7) is 1.60. The van der Waals surface area contributed by atoms with Crippen LogP contribution in [0.25, 0.3) is 0 Å². The van der Waals surface area contributed by atoms with Crippen LogP contribution in [0.4, 0.5) is 0 Å². The van der Waals surface area contributed by atoms with Crippen LogP contribution in [-0.4, -0.2) is 46.1 Å². The molecule has 7 heteroatoms. The predicted molar refractivity (Wildman–Crippen MR) is 74.3 cm³/mol. The van der Waals surface area contributed by atoms with Gasteiger partial charge in [0.2, 0.25) is 0 Å². The Bertz CT molecular complexity index is 820. The van der Waals surface area contributed by atoms with Gasteiger partial charge in [0.05, 0.1) is 23.7 Å². The number of phenolic OH excluding ortho intramolecular Hbond substituents is 2. The minimum Gasteiger partial charge on any atom is -0.504 e. The number of ether oxygens (including phenoxy) is 2. The number of aromatic hydroxyl groups is 2. The monoisotopic (exact) mass is 316 g/mol. The molecule has 0 amide bonds. The zero-order valence-corrected chi connectivity index (χ0v) is 12.0. The minimum atomic E-state index is -0.908. The number of fused-ring (bicyclic) bond motifs is 3. The van der Waals surface area contributed by atoms with E-state index in [4.69, 9.17) is 9.47 Å². The van der Waals surface area contributed by atoms with E-state index < -0.39 is 47.3 Å². The van der Waals surface area contributed by atoms with Gasteiger partial charge in [-0.3, -0.25) is 14.4 Å². The second-order valence-electron chi connectivity index (χ2n) is 5.77. The van der Waals surface area contributed by atoms with E-state index in [-0.39, 0.29) is 28.7 Å². The van der Waals surface area contributed by atoms with Gasteiger partial charge in [0, 0.05) is 11.1 Å². The molecular formula is C16H12O7. The molecule has 0 saturated carbocycles. The smallest absolute Gasteiger partial charge is 0.309 e. The molecule has 0 aromatic heterocycles. The molecule has 1 aliphatic carbocycles. The van der Waals surface area contributed by atoms with Crippen molar-refractivity contribution in [3.8, 4) is 11.5 Å². The van der Waals surface area contributed by atoms with Crippen molar-refractivity contribution in [3.63, 3.8) is 0 Å². The maximum Gasteiger partial charge on any atom is 0.309 e. The van der Waals surface area contributed by atoms with Crippen molar-refractivity contribution in [2.45, 2.75) is 31.7 Å². The lowest BCUT2D eigenvalue weighted by Gasteiger charge is -2.35. The molecule has 1 saturated heterocycles. The van der Waals surface area contributed by atoms with Crippen molar-refractivity contribution >= 4 is 17.5 Å². The first-order valence-corrected chi connectivity index (χ1v) is 7.13. The third-order valence-electron chi connectivity index (χ3n) is 4.44. The maximum atomic E-state index is 12.8. The van der Waals surface area contributed by atoms with Crippen LogP contribution in [0.5, 0.6) is 11.5 Å². The molecule has 118 valence electrons. The Balaban J connectivity index is 1.95. The SMILES string of the molecule is C[C@H]1O[C@@H]2CC(=O)O[C@@H]2C2=C1C(=O)c1c(ccc(O)c1O)C2=O. The fourth-order valence-corrected chi connectivity index (χ4v) is 3.44. The highest BCUT2D eigenvalue weighted by molar-refractivity contribution is 6.29. The number of benzene rings is 1. The molecule has 0 bridgehead atoms. The van der Waals surface area contributed by atoms with Crippen LogP contribution in [0.1, 0.15) is 34.1 Å². The van der Waals surface area contributed by atoms with Crippen LogP contribution in [0.3, 0.4) is 0 Å². The fourth-order valence-electron chi connectivity index (χ4n) is 3.44. The number of carbonyl (C=O) groups is 3. The molecule has 7 nitrogen and oxygen atoms in total. The second kappa shape index (κ2) is 4.42. The lowest BCUT2D eigenvalue weighted by atomic mass is 9.77. The number of carbonyl (C=O) groups excluding carboxylic acids is 3. The van der Waals surface area contributed by atoms with Gasteiger partial charge in [0.1, 0.15) is 6.10 Å². The molecule has 0 unspecified atom stereocenters. The van der Waals surface area contributed by atoms with E-state index in [1.165, 1.54) is 6.07 Å². The van der Waals surface area contributed by atoms with E-state index in [1.807, 2.05) is 0 Å². The Hall–Kier alpha value is -2.67. The molecule has 2 N–H and O–H groups in total. The summed E-state index contributed by atoms with van der Waals surface area (Å²) < 4.78 is 10.8. The highest BCUT2D eigenvalue weighted by atomic mass is 16.6. The van der Waals surface area contributed by atoms with Crippen LogP contribution in [-0.2, 0) is 14.3 Å². The van der Waals surface area contributed by atoms with Gasteiger partial charge in [-0.15, -0.1) is 0 Å². The van der Waals surface area contributed by atoms with Crippen LogP contribution in [0.15, 0.2) is 23.3 Å². The molecule has 1 aromatic rings. The lowest BCUT2D eigenvalue weighted by Crippen LogP contribution is -2.44. The van der Waals surface area contributed by atoms with E-state index >= 15 is 0 Å². The summed E-state index contributed by atoms with van der Waals surface area (Å²) in [6.07, 6.45) is -2.19. The van der Waals surface area contributed by atoms with Crippen molar-refractivity contribution in [2.75, 3.05) is 0 Å². The molecule has 3 aliphatic rings. The number of phenols is 2. The molecule has 3 atom stereocenters. The maximum absolute atomic E-state index is 12.8. The first-order valence-electron chi connectivity index (χ1n) is 7.13. The summed E-state index contributed by atoms with van der Waals surface area (Å²) in [5.74, 6) is -2.70. The first kappa shape index (κ1) is 14.0. The Morgan fingerprint density at radius 2 is 1.83 bits per heavy atom. The van der Waals surface area contributed by atoms with Crippen molar-refractivity contribution < 1.29 is 34.1 Å². The largest absolute Gasteiger partial charge is 0.504 e. The average Bonchev–Trinajstić information content (AvgIpc) is 2.86. The highest BCUT2D eigenvalue weighted by Gasteiger charge is 2.51. The number of Topliss-reactive ketones (excluding diaryl/α,β-unsaturated/α-hetero) is 2. The molecule has 23 heavy (non-hydrogen) atoms. The highest BCUT2D eigenvalue weighted by Crippen LogP contribution is 2.44. The number of ketones is 2. The van der Waals surface area contributed by atoms with Crippen molar-refractivity contribution in [2.24, 2.45) is 0 Å². The quantitative estimate of drug-likeness (QED) is 0.540. The third-order valence-corrected chi connectivity index (χ3v) is 4.44. The summed E-state index contributed by atoms with van der Waals surface area (Å²) >= 11 is 0. The van der Waals surface area contributed by atoms with E-state index in [0.717, 1.165) is 6.07 Å². The summed E-state index contributed by atoms with van der Waals surface area (Å²) in [6, 6.07) is 2.42.